The zero-order chi connectivity index (χ0) is 13.1. The lowest BCUT2D eigenvalue weighted by Gasteiger charge is -2.19. The summed E-state index contributed by atoms with van der Waals surface area (Å²) in [7, 11) is 0. The van der Waals surface area contributed by atoms with Crippen LogP contribution in [0.15, 0.2) is 22.7 Å². The molecule has 0 spiro atoms. The van der Waals surface area contributed by atoms with Crippen molar-refractivity contribution in [2.24, 2.45) is 5.92 Å². The predicted molar refractivity (Wildman–Crippen MR) is 74.6 cm³/mol. The van der Waals surface area contributed by atoms with Crippen LogP contribution in [0.4, 0.5) is 0 Å². The maximum absolute atomic E-state index is 12.2. The predicted octanol–water partition coefficient (Wildman–Crippen LogP) is 2.65. The monoisotopic (exact) mass is 311 g/mol. The Morgan fingerprint density at radius 2 is 2.28 bits per heavy atom. The standard InChI is InChI=1S/C14H18BrNO2/c1-9-5-6-11(15)7-12(9)14(18)16-13-4-2-3-10(13)8-17/h5-7,10,13,17H,2-4,8H2,1H3,(H,16,18). The normalized spacial score (nSPS) is 23.1. The highest BCUT2D eigenvalue weighted by atomic mass is 79.9. The molecule has 1 saturated carbocycles. The number of aliphatic hydroxyl groups is 1. The van der Waals surface area contributed by atoms with Crippen LogP contribution in [0.3, 0.4) is 0 Å². The Morgan fingerprint density at radius 1 is 1.50 bits per heavy atom. The quantitative estimate of drug-likeness (QED) is 0.901. The number of benzene rings is 1. The van der Waals surface area contributed by atoms with Crippen LogP contribution in [0.1, 0.15) is 35.2 Å². The van der Waals surface area contributed by atoms with Crippen molar-refractivity contribution in [2.45, 2.75) is 32.2 Å². The summed E-state index contributed by atoms with van der Waals surface area (Å²) < 4.78 is 0.906. The van der Waals surface area contributed by atoms with Gasteiger partial charge < -0.3 is 10.4 Å². The first kappa shape index (κ1) is 13.6. The van der Waals surface area contributed by atoms with E-state index in [-0.39, 0.29) is 24.5 Å². The van der Waals surface area contributed by atoms with Crippen molar-refractivity contribution in [3.63, 3.8) is 0 Å². The van der Waals surface area contributed by atoms with Gasteiger partial charge in [0.25, 0.3) is 5.91 Å². The first-order valence-electron chi connectivity index (χ1n) is 6.29. The Kier molecular flexibility index (Phi) is 4.40. The fourth-order valence-corrected chi connectivity index (χ4v) is 2.89. The SMILES string of the molecule is Cc1ccc(Br)cc1C(=O)NC1CCCC1CO. The molecular formula is C14H18BrNO2. The van der Waals surface area contributed by atoms with Crippen LogP contribution < -0.4 is 5.32 Å². The number of aryl methyl sites for hydroxylation is 1. The number of nitrogens with one attached hydrogen (secondary N) is 1. The van der Waals surface area contributed by atoms with Crippen molar-refractivity contribution in [2.75, 3.05) is 6.61 Å². The number of aliphatic hydroxyl groups excluding tert-OH is 1. The van der Waals surface area contributed by atoms with Gasteiger partial charge in [-0.25, -0.2) is 0 Å². The van der Waals surface area contributed by atoms with Crippen LogP contribution in [0.25, 0.3) is 0 Å². The van der Waals surface area contributed by atoms with E-state index in [4.69, 9.17) is 0 Å². The third kappa shape index (κ3) is 2.93. The van der Waals surface area contributed by atoms with E-state index in [1.807, 2.05) is 25.1 Å². The van der Waals surface area contributed by atoms with Gasteiger partial charge in [0.1, 0.15) is 0 Å². The van der Waals surface area contributed by atoms with Crippen LogP contribution in [0.2, 0.25) is 0 Å². The summed E-state index contributed by atoms with van der Waals surface area (Å²) in [6.07, 6.45) is 3.04. The molecule has 2 atom stereocenters. The summed E-state index contributed by atoms with van der Waals surface area (Å²) >= 11 is 3.38. The van der Waals surface area contributed by atoms with Crippen molar-refractivity contribution in [1.29, 1.82) is 0 Å². The molecule has 2 N–H and O–H groups in total. The number of rotatable bonds is 3. The third-order valence-electron chi connectivity index (χ3n) is 3.65. The Bertz CT molecular complexity index is 447. The van der Waals surface area contributed by atoms with Crippen LogP contribution >= 0.6 is 15.9 Å². The van der Waals surface area contributed by atoms with Gasteiger partial charge in [0.15, 0.2) is 0 Å². The molecule has 0 aromatic heterocycles. The largest absolute Gasteiger partial charge is 0.396 e. The first-order valence-corrected chi connectivity index (χ1v) is 7.09. The van der Waals surface area contributed by atoms with Crippen LogP contribution in [0.5, 0.6) is 0 Å². The van der Waals surface area contributed by atoms with Gasteiger partial charge in [0.2, 0.25) is 0 Å². The maximum atomic E-state index is 12.2. The van der Waals surface area contributed by atoms with Gasteiger partial charge >= 0.3 is 0 Å². The summed E-state index contributed by atoms with van der Waals surface area (Å²) in [5.41, 5.74) is 1.67. The van der Waals surface area contributed by atoms with Gasteiger partial charge in [-0.1, -0.05) is 28.4 Å². The van der Waals surface area contributed by atoms with Crippen LogP contribution in [0, 0.1) is 12.8 Å². The maximum Gasteiger partial charge on any atom is 0.251 e. The summed E-state index contributed by atoms with van der Waals surface area (Å²) in [5, 5.41) is 12.3. The molecule has 1 aromatic carbocycles. The van der Waals surface area contributed by atoms with E-state index < -0.39 is 0 Å². The number of hydrogen-bond donors (Lipinski definition) is 2. The van der Waals surface area contributed by atoms with E-state index in [1.54, 1.807) is 0 Å². The molecule has 0 radical (unpaired) electrons. The molecule has 18 heavy (non-hydrogen) atoms. The number of hydrogen-bond acceptors (Lipinski definition) is 2. The van der Waals surface area contributed by atoms with Crippen molar-refractivity contribution in [1.82, 2.24) is 5.32 Å². The molecule has 1 amide bonds. The van der Waals surface area contributed by atoms with Gasteiger partial charge in [0.05, 0.1) is 0 Å². The molecule has 0 saturated heterocycles. The lowest BCUT2D eigenvalue weighted by atomic mass is 10.0. The highest BCUT2D eigenvalue weighted by Crippen LogP contribution is 2.25. The molecule has 0 bridgehead atoms. The second-order valence-corrected chi connectivity index (χ2v) is 5.83. The second kappa shape index (κ2) is 5.85. The highest BCUT2D eigenvalue weighted by molar-refractivity contribution is 9.10. The van der Waals surface area contributed by atoms with E-state index in [0.717, 1.165) is 29.3 Å². The van der Waals surface area contributed by atoms with Gasteiger partial charge in [-0.2, -0.15) is 0 Å². The van der Waals surface area contributed by atoms with Gasteiger partial charge in [-0.15, -0.1) is 0 Å². The molecular weight excluding hydrogens is 294 g/mol. The van der Waals surface area contributed by atoms with Gasteiger partial charge in [-0.3, -0.25) is 4.79 Å². The number of halogens is 1. The van der Waals surface area contributed by atoms with Crippen LogP contribution in [-0.2, 0) is 0 Å². The summed E-state index contributed by atoms with van der Waals surface area (Å²) in [5.74, 6) is 0.167. The topological polar surface area (TPSA) is 49.3 Å². The molecule has 1 fully saturated rings. The molecule has 3 nitrogen and oxygen atoms in total. The lowest BCUT2D eigenvalue weighted by molar-refractivity contribution is 0.0915. The minimum Gasteiger partial charge on any atom is -0.396 e. The Morgan fingerprint density at radius 3 is 3.00 bits per heavy atom. The molecule has 0 heterocycles. The Balaban J connectivity index is 2.09. The fourth-order valence-electron chi connectivity index (χ4n) is 2.53. The average molecular weight is 312 g/mol. The Hall–Kier alpha value is -0.870. The third-order valence-corrected chi connectivity index (χ3v) is 4.15. The van der Waals surface area contributed by atoms with Crippen molar-refractivity contribution in [3.05, 3.63) is 33.8 Å². The zero-order valence-electron chi connectivity index (χ0n) is 10.4. The minimum atomic E-state index is -0.0425. The van der Waals surface area contributed by atoms with Gasteiger partial charge in [-0.05, 0) is 37.5 Å². The molecule has 1 aliphatic rings. The lowest BCUT2D eigenvalue weighted by Crippen LogP contribution is -2.38. The van der Waals surface area contributed by atoms with E-state index in [9.17, 15) is 9.90 Å². The number of amides is 1. The minimum absolute atomic E-state index is 0.0425. The van der Waals surface area contributed by atoms with Crippen LogP contribution in [-0.4, -0.2) is 23.7 Å². The number of carbonyl (C=O) groups is 1. The zero-order valence-corrected chi connectivity index (χ0v) is 12.0. The smallest absolute Gasteiger partial charge is 0.251 e. The van der Waals surface area contributed by atoms with Crippen molar-refractivity contribution < 1.29 is 9.90 Å². The molecule has 1 aliphatic carbocycles. The van der Waals surface area contributed by atoms with E-state index in [2.05, 4.69) is 21.2 Å². The summed E-state index contributed by atoms with van der Waals surface area (Å²) in [6.45, 7) is 2.09. The molecule has 1 aromatic rings. The molecule has 2 rings (SSSR count). The van der Waals surface area contributed by atoms with E-state index in [0.29, 0.717) is 5.56 Å². The number of carbonyl (C=O) groups excluding carboxylic acids is 1. The van der Waals surface area contributed by atoms with E-state index in [1.165, 1.54) is 0 Å². The Labute approximate surface area is 116 Å². The average Bonchev–Trinajstić information content (AvgIpc) is 2.79. The molecule has 2 unspecified atom stereocenters. The van der Waals surface area contributed by atoms with Crippen molar-refractivity contribution in [3.8, 4) is 0 Å². The fraction of sp³-hybridized carbons (Fsp3) is 0.500. The van der Waals surface area contributed by atoms with Crippen molar-refractivity contribution >= 4 is 21.8 Å². The molecule has 4 heteroatoms. The highest BCUT2D eigenvalue weighted by Gasteiger charge is 2.28. The second-order valence-electron chi connectivity index (χ2n) is 4.91. The summed E-state index contributed by atoms with van der Waals surface area (Å²) in [6, 6.07) is 5.81. The van der Waals surface area contributed by atoms with Gasteiger partial charge in [0, 0.05) is 28.6 Å². The molecule has 0 aliphatic heterocycles. The molecule has 98 valence electrons. The van der Waals surface area contributed by atoms with E-state index >= 15 is 0 Å². The first-order chi connectivity index (χ1) is 8.61. The summed E-state index contributed by atoms with van der Waals surface area (Å²) in [4.78, 5) is 12.2.